The van der Waals surface area contributed by atoms with Gasteiger partial charge in [0.15, 0.2) is 0 Å². The summed E-state index contributed by atoms with van der Waals surface area (Å²) < 4.78 is 18.8. The van der Waals surface area contributed by atoms with Crippen LogP contribution in [0.2, 0.25) is 0 Å². The fraction of sp³-hybridized carbons (Fsp3) is 0.455. The molecule has 3 heteroatoms. The lowest BCUT2D eigenvalue weighted by Gasteiger charge is -2.23. The molecule has 0 spiro atoms. The first kappa shape index (κ1) is 9.62. The van der Waals surface area contributed by atoms with Crippen molar-refractivity contribution in [3.05, 3.63) is 35.6 Å². The van der Waals surface area contributed by atoms with Crippen LogP contribution in [0.4, 0.5) is 4.39 Å². The fourth-order valence-corrected chi connectivity index (χ4v) is 1.66. The zero-order chi connectivity index (χ0) is 9.80. The van der Waals surface area contributed by atoms with Crippen LogP contribution in [-0.4, -0.2) is 25.8 Å². The highest BCUT2D eigenvalue weighted by molar-refractivity contribution is 5.18. The predicted octanol–water partition coefficient (Wildman–Crippen LogP) is 1.36. The van der Waals surface area contributed by atoms with E-state index in [9.17, 15) is 4.39 Å². The summed E-state index contributed by atoms with van der Waals surface area (Å²) in [5.74, 6) is -0.137. The van der Waals surface area contributed by atoms with Crippen molar-refractivity contribution in [3.8, 4) is 0 Å². The third-order valence-corrected chi connectivity index (χ3v) is 2.41. The molecule has 0 aliphatic carbocycles. The van der Waals surface area contributed by atoms with Gasteiger partial charge in [-0.3, -0.25) is 0 Å². The van der Waals surface area contributed by atoms with Crippen molar-refractivity contribution >= 4 is 0 Å². The first-order chi connectivity index (χ1) is 6.86. The zero-order valence-electron chi connectivity index (χ0n) is 8.00. The average molecular weight is 195 g/mol. The molecule has 0 saturated carbocycles. The SMILES string of the molecule is Fc1ccccc1C[C@@H]1CNCCO1. The smallest absolute Gasteiger partial charge is 0.126 e. The van der Waals surface area contributed by atoms with Gasteiger partial charge in [-0.2, -0.15) is 0 Å². The van der Waals surface area contributed by atoms with Gasteiger partial charge in [0.2, 0.25) is 0 Å². The Kier molecular flexibility index (Phi) is 3.11. The summed E-state index contributed by atoms with van der Waals surface area (Å²) >= 11 is 0. The summed E-state index contributed by atoms with van der Waals surface area (Å²) in [5, 5.41) is 3.23. The lowest BCUT2D eigenvalue weighted by Crippen LogP contribution is -2.39. The molecule has 1 heterocycles. The van der Waals surface area contributed by atoms with E-state index in [0.29, 0.717) is 6.42 Å². The van der Waals surface area contributed by atoms with Gasteiger partial charge in [-0.1, -0.05) is 18.2 Å². The van der Waals surface area contributed by atoms with Gasteiger partial charge in [-0.15, -0.1) is 0 Å². The molecule has 1 aliphatic rings. The summed E-state index contributed by atoms with van der Waals surface area (Å²) in [6, 6.07) is 6.87. The van der Waals surface area contributed by atoms with Crippen molar-refractivity contribution in [3.63, 3.8) is 0 Å². The maximum atomic E-state index is 13.3. The van der Waals surface area contributed by atoms with Gasteiger partial charge in [-0.25, -0.2) is 4.39 Å². The van der Waals surface area contributed by atoms with Crippen molar-refractivity contribution in [2.24, 2.45) is 0 Å². The Balaban J connectivity index is 1.99. The summed E-state index contributed by atoms with van der Waals surface area (Å²) in [7, 11) is 0. The molecule has 1 fully saturated rings. The average Bonchev–Trinajstić information content (AvgIpc) is 2.23. The van der Waals surface area contributed by atoms with Crippen LogP contribution in [0.1, 0.15) is 5.56 Å². The fourth-order valence-electron chi connectivity index (χ4n) is 1.66. The first-order valence-corrected chi connectivity index (χ1v) is 4.92. The minimum Gasteiger partial charge on any atom is -0.375 e. The van der Waals surface area contributed by atoms with Gasteiger partial charge in [0, 0.05) is 19.5 Å². The lowest BCUT2D eigenvalue weighted by atomic mass is 10.1. The molecule has 2 rings (SSSR count). The topological polar surface area (TPSA) is 21.3 Å². The van der Waals surface area contributed by atoms with Crippen LogP contribution < -0.4 is 5.32 Å². The van der Waals surface area contributed by atoms with Crippen molar-refractivity contribution in [2.75, 3.05) is 19.7 Å². The molecule has 0 unspecified atom stereocenters. The van der Waals surface area contributed by atoms with E-state index < -0.39 is 0 Å². The second-order valence-corrected chi connectivity index (χ2v) is 3.49. The second-order valence-electron chi connectivity index (χ2n) is 3.49. The van der Waals surface area contributed by atoms with Gasteiger partial charge in [0.05, 0.1) is 12.7 Å². The molecule has 1 saturated heterocycles. The minimum atomic E-state index is -0.137. The third-order valence-electron chi connectivity index (χ3n) is 2.41. The lowest BCUT2D eigenvalue weighted by molar-refractivity contribution is 0.0287. The molecule has 1 aliphatic heterocycles. The van der Waals surface area contributed by atoms with Crippen molar-refractivity contribution in [2.45, 2.75) is 12.5 Å². The number of morpholine rings is 1. The number of halogens is 1. The molecule has 1 aromatic rings. The number of benzene rings is 1. The molecular weight excluding hydrogens is 181 g/mol. The van der Waals surface area contributed by atoms with Crippen molar-refractivity contribution in [1.82, 2.24) is 5.32 Å². The maximum absolute atomic E-state index is 13.3. The molecule has 76 valence electrons. The van der Waals surface area contributed by atoms with Crippen LogP contribution in [0.25, 0.3) is 0 Å². The van der Waals surface area contributed by atoms with Crippen LogP contribution in [0.15, 0.2) is 24.3 Å². The van der Waals surface area contributed by atoms with Crippen molar-refractivity contribution in [1.29, 1.82) is 0 Å². The van der Waals surface area contributed by atoms with Crippen LogP contribution in [0.3, 0.4) is 0 Å². The maximum Gasteiger partial charge on any atom is 0.126 e. The van der Waals surface area contributed by atoms with E-state index in [0.717, 1.165) is 25.3 Å². The number of ether oxygens (including phenoxy) is 1. The largest absolute Gasteiger partial charge is 0.375 e. The van der Waals surface area contributed by atoms with E-state index in [4.69, 9.17) is 4.74 Å². The summed E-state index contributed by atoms with van der Waals surface area (Å²) in [6.45, 7) is 2.43. The normalized spacial score (nSPS) is 22.2. The molecule has 1 aromatic carbocycles. The van der Waals surface area contributed by atoms with Crippen LogP contribution in [-0.2, 0) is 11.2 Å². The van der Waals surface area contributed by atoms with E-state index in [2.05, 4.69) is 5.32 Å². The van der Waals surface area contributed by atoms with Gasteiger partial charge >= 0.3 is 0 Å². The molecule has 0 radical (unpaired) electrons. The van der Waals surface area contributed by atoms with Gasteiger partial charge < -0.3 is 10.1 Å². The Hall–Kier alpha value is -0.930. The minimum absolute atomic E-state index is 0.112. The molecule has 14 heavy (non-hydrogen) atoms. The Bertz CT molecular complexity index is 297. The van der Waals surface area contributed by atoms with Gasteiger partial charge in [-0.05, 0) is 11.6 Å². The second kappa shape index (κ2) is 4.53. The van der Waals surface area contributed by atoms with Gasteiger partial charge in [0.1, 0.15) is 5.82 Å². The monoisotopic (exact) mass is 195 g/mol. The van der Waals surface area contributed by atoms with E-state index in [1.54, 1.807) is 6.07 Å². The Morgan fingerprint density at radius 2 is 2.29 bits per heavy atom. The van der Waals surface area contributed by atoms with E-state index in [1.807, 2.05) is 12.1 Å². The quantitative estimate of drug-likeness (QED) is 0.769. The molecular formula is C11H14FNO. The van der Waals surface area contributed by atoms with E-state index >= 15 is 0 Å². The summed E-state index contributed by atoms with van der Waals surface area (Å²) in [5.41, 5.74) is 0.737. The highest BCUT2D eigenvalue weighted by Gasteiger charge is 2.15. The Labute approximate surface area is 83.1 Å². The Morgan fingerprint density at radius 1 is 1.43 bits per heavy atom. The zero-order valence-corrected chi connectivity index (χ0v) is 8.00. The molecule has 2 nitrogen and oxygen atoms in total. The molecule has 1 atom stereocenters. The summed E-state index contributed by atoms with van der Waals surface area (Å²) in [6.07, 6.45) is 0.764. The van der Waals surface area contributed by atoms with Crippen molar-refractivity contribution < 1.29 is 9.13 Å². The number of nitrogens with one attached hydrogen (secondary N) is 1. The van der Waals surface area contributed by atoms with Crippen LogP contribution in [0.5, 0.6) is 0 Å². The molecule has 0 aromatic heterocycles. The standard InChI is InChI=1S/C11H14FNO/c12-11-4-2-1-3-9(11)7-10-8-13-5-6-14-10/h1-4,10,13H,5-8H2/t10-/m1/s1. The molecule has 0 bridgehead atoms. The van der Waals surface area contributed by atoms with Gasteiger partial charge in [0.25, 0.3) is 0 Å². The van der Waals surface area contributed by atoms with Crippen LogP contribution in [0, 0.1) is 5.82 Å². The predicted molar refractivity (Wildman–Crippen MR) is 52.7 cm³/mol. The Morgan fingerprint density at radius 3 is 3.00 bits per heavy atom. The number of rotatable bonds is 2. The molecule has 1 N–H and O–H groups in total. The first-order valence-electron chi connectivity index (χ1n) is 4.92. The number of hydrogen-bond donors (Lipinski definition) is 1. The highest BCUT2D eigenvalue weighted by Crippen LogP contribution is 2.11. The van der Waals surface area contributed by atoms with Crippen LogP contribution >= 0.6 is 0 Å². The highest BCUT2D eigenvalue weighted by atomic mass is 19.1. The summed E-state index contributed by atoms with van der Waals surface area (Å²) in [4.78, 5) is 0. The van der Waals surface area contributed by atoms with E-state index in [-0.39, 0.29) is 11.9 Å². The third kappa shape index (κ3) is 2.30. The number of hydrogen-bond acceptors (Lipinski definition) is 2. The molecule has 0 amide bonds. The van der Waals surface area contributed by atoms with E-state index in [1.165, 1.54) is 6.07 Å².